The summed E-state index contributed by atoms with van der Waals surface area (Å²) in [6, 6.07) is 8.70. The van der Waals surface area contributed by atoms with Crippen molar-refractivity contribution in [2.75, 3.05) is 31.6 Å². The van der Waals surface area contributed by atoms with Crippen LogP contribution in [0.2, 0.25) is 0 Å². The lowest BCUT2D eigenvalue weighted by molar-refractivity contribution is -0.0286. The van der Waals surface area contributed by atoms with Crippen LogP contribution in [0.15, 0.2) is 36.7 Å². The van der Waals surface area contributed by atoms with Crippen molar-refractivity contribution in [1.29, 1.82) is 0 Å². The summed E-state index contributed by atoms with van der Waals surface area (Å²) in [6.45, 7) is 3.41. The molecule has 0 radical (unpaired) electrons. The molecule has 3 aromatic heterocycles. The second-order valence-electron chi connectivity index (χ2n) is 8.06. The Morgan fingerprint density at radius 1 is 1.13 bits per heavy atom. The molecule has 0 saturated carbocycles. The lowest BCUT2D eigenvalue weighted by Gasteiger charge is -2.25. The third kappa shape index (κ3) is 3.10. The fraction of sp³-hybridized carbons (Fsp3) is 0.429. The van der Waals surface area contributed by atoms with Crippen molar-refractivity contribution in [2.45, 2.75) is 31.3 Å². The molecule has 30 heavy (non-hydrogen) atoms. The van der Waals surface area contributed by atoms with Crippen LogP contribution in [0.3, 0.4) is 0 Å². The number of hydrogen-bond acceptors (Lipinski definition) is 7. The lowest BCUT2D eigenvalue weighted by Crippen LogP contribution is -2.32. The average Bonchev–Trinajstić information content (AvgIpc) is 3.29. The average molecular weight is 404 g/mol. The number of ether oxygens (including phenoxy) is 1. The van der Waals surface area contributed by atoms with Crippen LogP contribution in [0.1, 0.15) is 25.3 Å². The first kappa shape index (κ1) is 17.8. The molecule has 6 rings (SSSR count). The van der Waals surface area contributed by atoms with Crippen molar-refractivity contribution in [3.05, 3.63) is 36.7 Å². The number of para-hydroxylation sites is 1. The van der Waals surface area contributed by atoms with Crippen molar-refractivity contribution >= 4 is 22.5 Å². The van der Waals surface area contributed by atoms with Gasteiger partial charge in [0.2, 0.25) is 5.95 Å². The second-order valence-corrected chi connectivity index (χ2v) is 8.06. The maximum absolute atomic E-state index is 5.28. The second kappa shape index (κ2) is 7.33. The number of anilines is 1. The third-order valence-electron chi connectivity index (χ3n) is 5.91. The first-order chi connectivity index (χ1) is 14.8. The topological polar surface area (TPSA) is 94.2 Å². The Hall–Kier alpha value is -3.04. The summed E-state index contributed by atoms with van der Waals surface area (Å²) in [5.74, 6) is 1.39. The van der Waals surface area contributed by atoms with E-state index in [1.165, 1.54) is 12.8 Å². The highest BCUT2D eigenvalue weighted by atomic mass is 16.5. The molecular weight excluding hydrogens is 380 g/mol. The number of nitrogens with one attached hydrogen (secondary N) is 2. The van der Waals surface area contributed by atoms with Gasteiger partial charge in [-0.3, -0.25) is 4.68 Å². The Balaban J connectivity index is 1.43. The number of nitrogens with zero attached hydrogens (tertiary/aromatic N) is 6. The Morgan fingerprint density at radius 3 is 2.97 bits per heavy atom. The first-order valence-corrected chi connectivity index (χ1v) is 10.6. The van der Waals surface area contributed by atoms with Crippen LogP contribution in [-0.4, -0.2) is 61.7 Å². The highest BCUT2D eigenvalue weighted by Crippen LogP contribution is 2.26. The molecule has 2 fully saturated rings. The molecule has 0 amide bonds. The van der Waals surface area contributed by atoms with Gasteiger partial charge in [-0.1, -0.05) is 18.6 Å². The van der Waals surface area contributed by atoms with E-state index in [0.29, 0.717) is 31.1 Å². The normalized spacial score (nSPS) is 20.3. The third-order valence-corrected chi connectivity index (χ3v) is 5.91. The van der Waals surface area contributed by atoms with Crippen LogP contribution >= 0.6 is 0 Å². The van der Waals surface area contributed by atoms with Gasteiger partial charge >= 0.3 is 0 Å². The highest BCUT2D eigenvalue weighted by Gasteiger charge is 2.23. The van der Waals surface area contributed by atoms with E-state index in [1.807, 2.05) is 45.9 Å². The zero-order valence-electron chi connectivity index (χ0n) is 16.7. The van der Waals surface area contributed by atoms with Gasteiger partial charge in [0, 0.05) is 24.2 Å². The molecule has 0 bridgehead atoms. The molecule has 9 nitrogen and oxygen atoms in total. The quantitative estimate of drug-likeness (QED) is 0.539. The molecule has 9 heteroatoms. The fourth-order valence-corrected chi connectivity index (χ4v) is 4.13. The van der Waals surface area contributed by atoms with E-state index in [9.17, 15) is 0 Å². The van der Waals surface area contributed by atoms with Crippen LogP contribution in [-0.2, 0) is 4.74 Å². The van der Waals surface area contributed by atoms with E-state index < -0.39 is 0 Å². The van der Waals surface area contributed by atoms with E-state index in [0.717, 1.165) is 47.6 Å². The summed E-state index contributed by atoms with van der Waals surface area (Å²) < 4.78 is 9.06. The molecule has 2 aliphatic heterocycles. The summed E-state index contributed by atoms with van der Waals surface area (Å²) in [5, 5.41) is 17.4. The predicted octanol–water partition coefficient (Wildman–Crippen LogP) is 2.27. The van der Waals surface area contributed by atoms with Crippen molar-refractivity contribution in [3.63, 3.8) is 0 Å². The van der Waals surface area contributed by atoms with Crippen molar-refractivity contribution < 1.29 is 4.74 Å². The van der Waals surface area contributed by atoms with E-state index in [-0.39, 0.29) is 0 Å². The van der Waals surface area contributed by atoms with Gasteiger partial charge in [-0.25, -0.2) is 9.97 Å². The zero-order chi connectivity index (χ0) is 19.9. The number of rotatable bonds is 4. The molecular formula is C21H24N8O. The molecule has 2 saturated heterocycles. The SMILES string of the molecule is c1ccc2c(c1)nc(N[C@@H]1CCCCNC1)n1nc(-c3cnn(C4COC4)c3)nc21. The van der Waals surface area contributed by atoms with Gasteiger partial charge in [-0.15, -0.1) is 5.10 Å². The number of benzene rings is 1. The van der Waals surface area contributed by atoms with Crippen LogP contribution < -0.4 is 10.6 Å². The number of fused-ring (bicyclic) bond motifs is 3. The van der Waals surface area contributed by atoms with E-state index in [2.05, 4.69) is 15.7 Å². The summed E-state index contributed by atoms with van der Waals surface area (Å²) in [4.78, 5) is 9.75. The molecule has 1 aromatic carbocycles. The van der Waals surface area contributed by atoms with Gasteiger partial charge < -0.3 is 15.4 Å². The summed E-state index contributed by atoms with van der Waals surface area (Å²) in [7, 11) is 0. The largest absolute Gasteiger partial charge is 0.377 e. The predicted molar refractivity (Wildman–Crippen MR) is 113 cm³/mol. The standard InChI is InChI=1S/C21H24N8O/c1-2-7-18-17(6-1)20-26-19(14-9-23-28(11-14)16-12-30-13-16)27-29(20)21(25-18)24-15-5-3-4-8-22-10-15/h1-2,6-7,9,11,15-16,22H,3-5,8,10,12-13H2,(H,24,25)/t15-/m1/s1. The Labute approximate surface area is 173 Å². The van der Waals surface area contributed by atoms with Crippen LogP contribution in [0, 0.1) is 0 Å². The minimum atomic E-state index is 0.304. The Kier molecular flexibility index (Phi) is 4.35. The lowest BCUT2D eigenvalue weighted by atomic mass is 10.1. The molecule has 4 aromatic rings. The number of aromatic nitrogens is 6. The summed E-state index contributed by atoms with van der Waals surface area (Å²) in [6.07, 6.45) is 7.35. The minimum Gasteiger partial charge on any atom is -0.377 e. The van der Waals surface area contributed by atoms with Gasteiger partial charge in [0.1, 0.15) is 0 Å². The molecule has 0 spiro atoms. The van der Waals surface area contributed by atoms with E-state index >= 15 is 0 Å². The van der Waals surface area contributed by atoms with Gasteiger partial charge in [0.05, 0.1) is 36.5 Å². The molecule has 2 aliphatic rings. The van der Waals surface area contributed by atoms with E-state index in [4.69, 9.17) is 19.8 Å². The number of hydrogen-bond donors (Lipinski definition) is 2. The minimum absolute atomic E-state index is 0.304. The Bertz CT molecular complexity index is 1190. The molecule has 0 aliphatic carbocycles. The Morgan fingerprint density at radius 2 is 2.07 bits per heavy atom. The maximum atomic E-state index is 5.28. The monoisotopic (exact) mass is 404 g/mol. The van der Waals surface area contributed by atoms with Gasteiger partial charge in [0.15, 0.2) is 11.5 Å². The van der Waals surface area contributed by atoms with Crippen LogP contribution in [0.5, 0.6) is 0 Å². The van der Waals surface area contributed by atoms with Gasteiger partial charge in [-0.2, -0.15) is 9.61 Å². The smallest absolute Gasteiger partial charge is 0.226 e. The highest BCUT2D eigenvalue weighted by molar-refractivity contribution is 5.92. The molecule has 0 unspecified atom stereocenters. The van der Waals surface area contributed by atoms with Crippen molar-refractivity contribution in [3.8, 4) is 11.4 Å². The van der Waals surface area contributed by atoms with Gasteiger partial charge in [0.25, 0.3) is 0 Å². The maximum Gasteiger partial charge on any atom is 0.226 e. The molecule has 1 atom stereocenters. The summed E-state index contributed by atoms with van der Waals surface area (Å²) in [5.41, 5.74) is 2.62. The van der Waals surface area contributed by atoms with Crippen LogP contribution in [0.25, 0.3) is 27.9 Å². The summed E-state index contributed by atoms with van der Waals surface area (Å²) >= 11 is 0. The van der Waals surface area contributed by atoms with Gasteiger partial charge in [-0.05, 0) is 31.5 Å². The fourth-order valence-electron chi connectivity index (χ4n) is 4.13. The zero-order valence-corrected chi connectivity index (χ0v) is 16.7. The molecule has 5 heterocycles. The first-order valence-electron chi connectivity index (χ1n) is 10.6. The van der Waals surface area contributed by atoms with E-state index in [1.54, 1.807) is 0 Å². The van der Waals surface area contributed by atoms with Crippen molar-refractivity contribution in [1.82, 2.24) is 34.7 Å². The van der Waals surface area contributed by atoms with Crippen molar-refractivity contribution in [2.24, 2.45) is 0 Å². The molecule has 2 N–H and O–H groups in total. The van der Waals surface area contributed by atoms with Crippen LogP contribution in [0.4, 0.5) is 5.95 Å². The molecule has 154 valence electrons.